The Morgan fingerprint density at radius 3 is 2.69 bits per heavy atom. The fourth-order valence-electron chi connectivity index (χ4n) is 6.02. The molecule has 1 aromatic carbocycles. The minimum absolute atomic E-state index is 0.0159. The molecule has 3 N–H and O–H groups in total. The van der Waals surface area contributed by atoms with Crippen LogP contribution in [0.4, 0.5) is 4.79 Å². The highest BCUT2D eigenvalue weighted by molar-refractivity contribution is 7.91. The summed E-state index contributed by atoms with van der Waals surface area (Å²) in [5, 5.41) is 8.63. The number of pyridine rings is 1. The number of nitrogens with zero attached hydrogens (tertiary/aromatic N) is 3. The molecule has 6 rings (SSSR count). The first kappa shape index (κ1) is 36.8. The van der Waals surface area contributed by atoms with Gasteiger partial charge in [-0.25, -0.2) is 23.2 Å². The monoisotopic (exact) mass is 758 g/mol. The number of thiazole rings is 1. The number of urea groups is 1. The minimum Gasteiger partial charge on any atom is -0.495 e. The molecular formula is C35H43ClN6O7S2. The number of allylic oxidation sites excluding steroid dienone is 1. The summed E-state index contributed by atoms with van der Waals surface area (Å²) in [6.07, 6.45) is 7.35. The van der Waals surface area contributed by atoms with Gasteiger partial charge in [-0.3, -0.25) is 14.3 Å². The number of rotatable bonds is 10. The van der Waals surface area contributed by atoms with E-state index >= 15 is 0 Å². The second kappa shape index (κ2) is 15.0. The van der Waals surface area contributed by atoms with Gasteiger partial charge in [-0.1, -0.05) is 37.6 Å². The van der Waals surface area contributed by atoms with E-state index in [1.807, 2.05) is 17.5 Å². The van der Waals surface area contributed by atoms with Crippen molar-refractivity contribution in [2.24, 2.45) is 5.92 Å². The Balaban J connectivity index is 1.27. The van der Waals surface area contributed by atoms with Crippen molar-refractivity contribution < 1.29 is 32.3 Å². The van der Waals surface area contributed by atoms with E-state index in [0.29, 0.717) is 57.5 Å². The topological polar surface area (TPSA) is 169 Å². The molecule has 2 aromatic heterocycles. The summed E-state index contributed by atoms with van der Waals surface area (Å²) in [4.78, 5) is 51.8. The zero-order valence-corrected chi connectivity index (χ0v) is 31.4. The zero-order valence-electron chi connectivity index (χ0n) is 29.0. The molecule has 13 nitrogen and oxygen atoms in total. The Hall–Kier alpha value is -3.95. The van der Waals surface area contributed by atoms with Crippen LogP contribution in [0.15, 0.2) is 35.7 Å². The molecule has 51 heavy (non-hydrogen) atoms. The van der Waals surface area contributed by atoms with Crippen LogP contribution in [0.3, 0.4) is 0 Å². The highest BCUT2D eigenvalue weighted by Crippen LogP contribution is 2.46. The Morgan fingerprint density at radius 2 is 1.98 bits per heavy atom. The summed E-state index contributed by atoms with van der Waals surface area (Å²) in [6.45, 7) is 4.60. The van der Waals surface area contributed by atoms with Crippen molar-refractivity contribution >= 4 is 61.7 Å². The fourth-order valence-corrected chi connectivity index (χ4v) is 8.61. The quantitative estimate of drug-likeness (QED) is 0.237. The van der Waals surface area contributed by atoms with E-state index in [1.165, 1.54) is 23.3 Å². The maximum absolute atomic E-state index is 14.0. The number of fused-ring (bicyclic) bond motifs is 2. The van der Waals surface area contributed by atoms with Crippen LogP contribution in [-0.2, 0) is 19.6 Å². The number of sulfonamides is 1. The van der Waals surface area contributed by atoms with Gasteiger partial charge in [-0.2, -0.15) is 0 Å². The van der Waals surface area contributed by atoms with Crippen LogP contribution in [-0.4, -0.2) is 85.3 Å². The molecule has 3 aromatic rings. The smallest absolute Gasteiger partial charge is 0.317 e. The molecule has 0 unspecified atom stereocenters. The van der Waals surface area contributed by atoms with E-state index < -0.39 is 44.7 Å². The van der Waals surface area contributed by atoms with Crippen LogP contribution in [0.1, 0.15) is 70.4 Å². The number of hydrogen-bond acceptors (Lipinski definition) is 10. The molecule has 0 spiro atoms. The highest BCUT2D eigenvalue weighted by Gasteiger charge is 2.61. The number of benzene rings is 1. The summed E-state index contributed by atoms with van der Waals surface area (Å²) in [5.74, 6) is -0.664. The van der Waals surface area contributed by atoms with Gasteiger partial charge in [-0.05, 0) is 56.6 Å². The Bertz CT molecular complexity index is 1960. The van der Waals surface area contributed by atoms with Crippen LogP contribution >= 0.6 is 22.9 Å². The summed E-state index contributed by atoms with van der Waals surface area (Å²) in [5.41, 5.74) is 0.487. The molecule has 3 aliphatic rings. The maximum atomic E-state index is 14.0. The van der Waals surface area contributed by atoms with Gasteiger partial charge in [0, 0.05) is 42.8 Å². The van der Waals surface area contributed by atoms with Crippen molar-refractivity contribution in [3.05, 3.63) is 46.4 Å². The predicted molar refractivity (Wildman–Crippen MR) is 196 cm³/mol. The number of ether oxygens (including phenoxy) is 2. The standard InChI is InChI=1S/C35H43ClN6O7S2/c1-20(2)26-19-50-32(38-26)25-17-28(23-12-13-27(48-4)29(36)30(23)37-25)49-16-14-24-31(43)40-35(33(44)41-51(46,47)22-10-11-22)18-21(35)9-7-5-6-8-15-42(3)34(45)39-24/h7,9,12-13,17,19-22,24H,5-6,8,10-11,14-16,18H2,1-4H3,(H,39,45)(H,40,43)(H,41,44)/t21-,24+,35-/m1/s1. The lowest BCUT2D eigenvalue weighted by atomic mass is 10.1. The highest BCUT2D eigenvalue weighted by atomic mass is 35.5. The van der Waals surface area contributed by atoms with Crippen LogP contribution in [0.2, 0.25) is 5.02 Å². The molecule has 3 atom stereocenters. The lowest BCUT2D eigenvalue weighted by molar-refractivity contribution is -0.130. The molecule has 2 saturated carbocycles. The van der Waals surface area contributed by atoms with E-state index in [4.69, 9.17) is 31.0 Å². The molecule has 4 amide bonds. The first-order valence-corrected chi connectivity index (χ1v) is 20.0. The van der Waals surface area contributed by atoms with Gasteiger partial charge in [0.2, 0.25) is 15.9 Å². The normalized spacial score (nSPS) is 22.9. The number of methoxy groups -OCH3 is 1. The number of halogens is 1. The Morgan fingerprint density at radius 1 is 1.20 bits per heavy atom. The Kier molecular flexibility index (Phi) is 10.8. The minimum atomic E-state index is -3.85. The van der Waals surface area contributed by atoms with Gasteiger partial charge in [0.25, 0.3) is 5.91 Å². The van der Waals surface area contributed by atoms with Gasteiger partial charge in [0.15, 0.2) is 0 Å². The average molecular weight is 759 g/mol. The lowest BCUT2D eigenvalue weighted by Gasteiger charge is -2.26. The molecule has 0 radical (unpaired) electrons. The van der Waals surface area contributed by atoms with Gasteiger partial charge in [-0.15, -0.1) is 11.3 Å². The molecule has 2 fully saturated rings. The van der Waals surface area contributed by atoms with Gasteiger partial charge in [0.05, 0.1) is 30.2 Å². The van der Waals surface area contributed by atoms with Crippen LogP contribution in [0, 0.1) is 5.92 Å². The van der Waals surface area contributed by atoms with Crippen molar-refractivity contribution in [3.63, 3.8) is 0 Å². The van der Waals surface area contributed by atoms with Crippen LogP contribution in [0.5, 0.6) is 11.5 Å². The molecule has 3 heterocycles. The summed E-state index contributed by atoms with van der Waals surface area (Å²) in [6, 6.07) is 3.72. The summed E-state index contributed by atoms with van der Waals surface area (Å²) >= 11 is 8.18. The SMILES string of the molecule is COc1ccc2c(OCC[C@@H]3NC(=O)N(C)CCCCC=C[C@@H]4C[C@@]4(C(=O)NS(=O)(=O)C4CC4)NC3=O)cc(-c3nc(C(C)C)cs3)nc2c1Cl. The number of nitrogens with one attached hydrogen (secondary N) is 3. The van der Waals surface area contributed by atoms with E-state index in [9.17, 15) is 22.8 Å². The third kappa shape index (κ3) is 8.10. The van der Waals surface area contributed by atoms with Gasteiger partial charge >= 0.3 is 6.03 Å². The molecule has 274 valence electrons. The van der Waals surface area contributed by atoms with Crippen molar-refractivity contribution in [3.8, 4) is 22.2 Å². The molecule has 16 heteroatoms. The Labute approximate surface area is 306 Å². The first-order chi connectivity index (χ1) is 24.3. The molecule has 0 saturated heterocycles. The molecule has 2 aliphatic carbocycles. The van der Waals surface area contributed by atoms with Crippen molar-refractivity contribution in [1.82, 2.24) is 30.2 Å². The second-order valence-electron chi connectivity index (χ2n) is 13.6. The first-order valence-electron chi connectivity index (χ1n) is 17.1. The zero-order chi connectivity index (χ0) is 36.5. The predicted octanol–water partition coefficient (Wildman–Crippen LogP) is 5.15. The summed E-state index contributed by atoms with van der Waals surface area (Å²) < 4.78 is 39.4. The number of hydrogen-bond donors (Lipinski definition) is 3. The van der Waals surface area contributed by atoms with E-state index in [0.717, 1.165) is 25.0 Å². The van der Waals surface area contributed by atoms with Crippen molar-refractivity contribution in [2.45, 2.75) is 81.5 Å². The van der Waals surface area contributed by atoms with Gasteiger partial charge in [0.1, 0.15) is 38.8 Å². The number of aromatic nitrogens is 2. The summed E-state index contributed by atoms with van der Waals surface area (Å²) in [7, 11) is -0.673. The lowest BCUT2D eigenvalue weighted by Crippen LogP contribution is -2.58. The van der Waals surface area contributed by atoms with Crippen molar-refractivity contribution in [1.29, 1.82) is 0 Å². The average Bonchev–Trinajstić information content (AvgIpc) is 4.01. The molecule has 0 bridgehead atoms. The number of carbonyl (C=O) groups excluding carboxylic acids is 3. The third-order valence-corrected chi connectivity index (χ3v) is 12.5. The fraction of sp³-hybridized carbons (Fsp3) is 0.514. The van der Waals surface area contributed by atoms with E-state index in [2.05, 4.69) is 29.2 Å². The van der Waals surface area contributed by atoms with Crippen LogP contribution in [0.25, 0.3) is 21.6 Å². The largest absolute Gasteiger partial charge is 0.495 e. The maximum Gasteiger partial charge on any atom is 0.317 e. The second-order valence-corrected chi connectivity index (χ2v) is 16.8. The van der Waals surface area contributed by atoms with Crippen molar-refractivity contribution in [2.75, 3.05) is 27.3 Å². The van der Waals surface area contributed by atoms with E-state index in [1.54, 1.807) is 25.2 Å². The van der Waals surface area contributed by atoms with Gasteiger partial charge < -0.3 is 25.0 Å². The molecule has 1 aliphatic heterocycles. The van der Waals surface area contributed by atoms with Crippen LogP contribution < -0.4 is 24.8 Å². The van der Waals surface area contributed by atoms with E-state index in [-0.39, 0.29) is 31.3 Å². The third-order valence-electron chi connectivity index (χ3n) is 9.47. The number of amides is 4. The molecular weight excluding hydrogens is 716 g/mol. The number of carbonyl (C=O) groups is 3.